The number of aromatic nitrogens is 2. The van der Waals surface area contributed by atoms with Crippen molar-refractivity contribution in [3.05, 3.63) is 21.6 Å². The molecule has 6 heteroatoms. The fourth-order valence-corrected chi connectivity index (χ4v) is 2.34. The van der Waals surface area contributed by atoms with E-state index < -0.39 is 0 Å². The minimum Gasteiger partial charge on any atom is -0.381 e. The van der Waals surface area contributed by atoms with Gasteiger partial charge in [0.1, 0.15) is 5.02 Å². The van der Waals surface area contributed by atoms with Crippen LogP contribution in [-0.2, 0) is 11.8 Å². The van der Waals surface area contributed by atoms with Crippen LogP contribution in [0.1, 0.15) is 19.3 Å². The lowest BCUT2D eigenvalue weighted by Gasteiger charge is -2.15. The molecule has 0 spiro atoms. The van der Waals surface area contributed by atoms with Crippen LogP contribution < -0.4 is 10.9 Å². The molecule has 94 valence electrons. The van der Waals surface area contributed by atoms with Gasteiger partial charge < -0.3 is 10.1 Å². The highest BCUT2D eigenvalue weighted by atomic mass is 35.5. The molecule has 2 atom stereocenters. The first kappa shape index (κ1) is 12.4. The summed E-state index contributed by atoms with van der Waals surface area (Å²) >= 11 is 5.98. The summed E-state index contributed by atoms with van der Waals surface area (Å²) in [6, 6.07) is 0.298. The molecule has 5 nitrogen and oxygen atoms in total. The van der Waals surface area contributed by atoms with Crippen LogP contribution in [0.4, 0.5) is 5.69 Å². The van der Waals surface area contributed by atoms with Crippen molar-refractivity contribution < 1.29 is 4.74 Å². The Bertz CT molecular complexity index is 461. The Balaban J connectivity index is 2.10. The molecule has 2 rings (SSSR count). The molecule has 0 radical (unpaired) electrons. The quantitative estimate of drug-likeness (QED) is 0.890. The van der Waals surface area contributed by atoms with Gasteiger partial charge in [-0.1, -0.05) is 11.6 Å². The van der Waals surface area contributed by atoms with Crippen LogP contribution in [-0.4, -0.2) is 29.0 Å². The first-order valence-electron chi connectivity index (χ1n) is 5.63. The summed E-state index contributed by atoms with van der Waals surface area (Å²) in [4.78, 5) is 11.6. The second-order valence-corrected chi connectivity index (χ2v) is 4.69. The van der Waals surface area contributed by atoms with Crippen LogP contribution in [0.15, 0.2) is 11.0 Å². The highest BCUT2D eigenvalue weighted by molar-refractivity contribution is 6.32. The van der Waals surface area contributed by atoms with Gasteiger partial charge in [-0.25, -0.2) is 4.68 Å². The highest BCUT2D eigenvalue weighted by Crippen LogP contribution is 2.26. The molecule has 1 fully saturated rings. The Morgan fingerprint density at radius 2 is 2.35 bits per heavy atom. The largest absolute Gasteiger partial charge is 0.381 e. The summed E-state index contributed by atoms with van der Waals surface area (Å²) in [5.74, 6) is 0. The molecule has 1 aromatic rings. The molecular weight excluding hydrogens is 242 g/mol. The van der Waals surface area contributed by atoms with Crippen LogP contribution in [0.3, 0.4) is 0 Å². The maximum absolute atomic E-state index is 11.6. The molecular formula is C11H16ClN3O2. The van der Waals surface area contributed by atoms with Gasteiger partial charge in [-0.05, 0) is 19.3 Å². The summed E-state index contributed by atoms with van der Waals surface area (Å²) in [7, 11) is 3.30. The molecule has 0 aliphatic heterocycles. The molecule has 1 aliphatic carbocycles. The van der Waals surface area contributed by atoms with Crippen LogP contribution in [0.25, 0.3) is 0 Å². The number of nitrogens with zero attached hydrogens (tertiary/aromatic N) is 2. The first-order valence-corrected chi connectivity index (χ1v) is 6.00. The fraction of sp³-hybridized carbons (Fsp3) is 0.636. The molecule has 17 heavy (non-hydrogen) atoms. The van der Waals surface area contributed by atoms with Gasteiger partial charge in [0.2, 0.25) is 0 Å². The average molecular weight is 258 g/mol. The summed E-state index contributed by atoms with van der Waals surface area (Å²) in [5.41, 5.74) is 0.328. The monoisotopic (exact) mass is 257 g/mol. The van der Waals surface area contributed by atoms with Gasteiger partial charge in [0, 0.05) is 20.2 Å². The number of methoxy groups -OCH3 is 1. The molecule has 0 aromatic carbocycles. The Morgan fingerprint density at radius 1 is 1.59 bits per heavy atom. The number of ether oxygens (including phenoxy) is 1. The van der Waals surface area contributed by atoms with Gasteiger partial charge in [-0.2, -0.15) is 5.10 Å². The minimum atomic E-state index is -0.280. The van der Waals surface area contributed by atoms with E-state index in [0.717, 1.165) is 19.3 Å². The number of aryl methyl sites for hydroxylation is 1. The van der Waals surface area contributed by atoms with Crippen molar-refractivity contribution in [3.63, 3.8) is 0 Å². The third-order valence-corrected chi connectivity index (χ3v) is 3.52. The predicted octanol–water partition coefficient (Wildman–Crippen LogP) is 1.41. The van der Waals surface area contributed by atoms with Gasteiger partial charge in [-0.3, -0.25) is 4.79 Å². The van der Waals surface area contributed by atoms with Gasteiger partial charge in [-0.15, -0.1) is 0 Å². The van der Waals surface area contributed by atoms with E-state index in [9.17, 15) is 4.79 Å². The van der Waals surface area contributed by atoms with Crippen molar-refractivity contribution in [2.75, 3.05) is 12.4 Å². The summed E-state index contributed by atoms with van der Waals surface area (Å²) in [5, 5.41) is 7.40. The molecule has 1 N–H and O–H groups in total. The first-order chi connectivity index (χ1) is 8.11. The molecule has 1 heterocycles. The minimum absolute atomic E-state index is 0.198. The van der Waals surface area contributed by atoms with Crippen LogP contribution >= 0.6 is 11.6 Å². The van der Waals surface area contributed by atoms with E-state index in [1.165, 1.54) is 4.68 Å². The number of nitrogens with one attached hydrogen (secondary N) is 1. The van der Waals surface area contributed by atoms with Crippen LogP contribution in [0.2, 0.25) is 5.02 Å². The molecule has 2 unspecified atom stereocenters. The van der Waals surface area contributed by atoms with Gasteiger partial charge in [0.25, 0.3) is 5.56 Å². The van der Waals surface area contributed by atoms with Crippen molar-refractivity contribution in [3.8, 4) is 0 Å². The number of hydrogen-bond donors (Lipinski definition) is 1. The Kier molecular flexibility index (Phi) is 3.69. The zero-order valence-electron chi connectivity index (χ0n) is 9.94. The van der Waals surface area contributed by atoms with E-state index in [0.29, 0.717) is 17.8 Å². The second kappa shape index (κ2) is 5.06. The molecule has 0 amide bonds. The Hall–Kier alpha value is -1.07. The molecule has 1 aliphatic rings. The lowest BCUT2D eigenvalue weighted by molar-refractivity contribution is 0.108. The maximum atomic E-state index is 11.6. The number of anilines is 1. The van der Waals surface area contributed by atoms with E-state index >= 15 is 0 Å². The maximum Gasteiger partial charge on any atom is 0.287 e. The third kappa shape index (κ3) is 2.61. The topological polar surface area (TPSA) is 56.1 Å². The van der Waals surface area contributed by atoms with Crippen molar-refractivity contribution in [1.82, 2.24) is 9.78 Å². The summed E-state index contributed by atoms with van der Waals surface area (Å²) in [6.07, 6.45) is 4.87. The van der Waals surface area contributed by atoms with Crippen LogP contribution in [0.5, 0.6) is 0 Å². The third-order valence-electron chi connectivity index (χ3n) is 3.16. The van der Waals surface area contributed by atoms with Crippen LogP contribution in [0, 0.1) is 0 Å². The normalized spacial score (nSPS) is 23.9. The summed E-state index contributed by atoms with van der Waals surface area (Å²) in [6.45, 7) is 0. The summed E-state index contributed by atoms with van der Waals surface area (Å²) < 4.78 is 6.52. The van der Waals surface area contributed by atoms with Gasteiger partial charge in [0.05, 0.1) is 18.0 Å². The standard InChI is InChI=1S/C11H16ClN3O2/c1-15-11(16)10(12)9(6-13-15)14-7-3-4-8(5-7)17-2/h6-8,14H,3-5H2,1-2H3. The highest BCUT2D eigenvalue weighted by Gasteiger charge is 2.25. The molecule has 1 saturated carbocycles. The van der Waals surface area contributed by atoms with Crippen molar-refractivity contribution in [1.29, 1.82) is 0 Å². The lowest BCUT2D eigenvalue weighted by atomic mass is 10.2. The zero-order chi connectivity index (χ0) is 12.4. The van der Waals surface area contributed by atoms with Crippen molar-refractivity contribution in [2.45, 2.75) is 31.4 Å². The van der Waals surface area contributed by atoms with E-state index in [4.69, 9.17) is 16.3 Å². The molecule has 0 saturated heterocycles. The Morgan fingerprint density at radius 3 is 3.00 bits per heavy atom. The molecule has 1 aromatic heterocycles. The fourth-order valence-electron chi connectivity index (χ4n) is 2.12. The van der Waals surface area contributed by atoms with E-state index in [1.807, 2.05) is 0 Å². The Labute approximate surface area is 105 Å². The smallest absolute Gasteiger partial charge is 0.287 e. The lowest BCUT2D eigenvalue weighted by Crippen LogP contribution is -2.24. The number of rotatable bonds is 3. The molecule has 0 bridgehead atoms. The number of hydrogen-bond acceptors (Lipinski definition) is 4. The van der Waals surface area contributed by atoms with E-state index in [1.54, 1.807) is 20.4 Å². The average Bonchev–Trinajstić information content (AvgIpc) is 2.78. The SMILES string of the molecule is COC1CCC(Nc2cnn(C)c(=O)c2Cl)C1. The van der Waals surface area contributed by atoms with E-state index in [-0.39, 0.29) is 10.6 Å². The van der Waals surface area contributed by atoms with Crippen molar-refractivity contribution >= 4 is 17.3 Å². The van der Waals surface area contributed by atoms with E-state index in [2.05, 4.69) is 10.4 Å². The number of halogens is 1. The zero-order valence-corrected chi connectivity index (χ0v) is 10.7. The second-order valence-electron chi connectivity index (χ2n) is 4.31. The predicted molar refractivity (Wildman–Crippen MR) is 66.5 cm³/mol. The van der Waals surface area contributed by atoms with Gasteiger partial charge in [0.15, 0.2) is 0 Å². The van der Waals surface area contributed by atoms with Crippen molar-refractivity contribution in [2.24, 2.45) is 7.05 Å². The van der Waals surface area contributed by atoms with Gasteiger partial charge >= 0.3 is 0 Å².